The van der Waals surface area contributed by atoms with Crippen molar-refractivity contribution in [2.75, 3.05) is 13.7 Å². The van der Waals surface area contributed by atoms with Gasteiger partial charge in [0.05, 0.1) is 0 Å². The van der Waals surface area contributed by atoms with Crippen molar-refractivity contribution in [1.29, 1.82) is 0 Å². The van der Waals surface area contributed by atoms with E-state index in [1.54, 1.807) is 7.11 Å². The van der Waals surface area contributed by atoms with Crippen LogP contribution in [-0.2, 0) is 11.2 Å². The Kier molecular flexibility index (Phi) is 6.03. The molecule has 3 heteroatoms. The largest absolute Gasteiger partial charge is 0.384 e. The summed E-state index contributed by atoms with van der Waals surface area (Å²) in [5.41, 5.74) is 7.41. The quantitative estimate of drug-likeness (QED) is 0.872. The molecule has 0 saturated carbocycles. The first kappa shape index (κ1) is 13.7. The molecule has 1 aromatic carbocycles. The van der Waals surface area contributed by atoms with E-state index in [2.05, 4.69) is 35.0 Å². The summed E-state index contributed by atoms with van der Waals surface area (Å²) < 4.78 is 6.26. The fraction of sp³-hybridized carbons (Fsp3) is 0.538. The summed E-state index contributed by atoms with van der Waals surface area (Å²) in [5.74, 6) is 0.516. The lowest BCUT2D eigenvalue weighted by Crippen LogP contribution is -2.26. The van der Waals surface area contributed by atoms with E-state index in [4.69, 9.17) is 10.5 Å². The fourth-order valence-electron chi connectivity index (χ4n) is 1.90. The minimum Gasteiger partial charge on any atom is -0.384 e. The Hall–Kier alpha value is -0.380. The van der Waals surface area contributed by atoms with Crippen molar-refractivity contribution in [3.05, 3.63) is 34.3 Å². The highest BCUT2D eigenvalue weighted by Crippen LogP contribution is 2.18. The van der Waals surface area contributed by atoms with E-state index in [0.29, 0.717) is 5.92 Å². The second kappa shape index (κ2) is 7.05. The van der Waals surface area contributed by atoms with E-state index in [-0.39, 0.29) is 6.04 Å². The average molecular weight is 286 g/mol. The minimum atomic E-state index is 0.198. The van der Waals surface area contributed by atoms with Gasteiger partial charge in [-0.3, -0.25) is 0 Å². The number of hydrogen-bond donors (Lipinski definition) is 1. The molecular formula is C13H20BrNO. The lowest BCUT2D eigenvalue weighted by atomic mass is 9.97. The highest BCUT2D eigenvalue weighted by Gasteiger charge is 2.11. The standard InChI is InChI=1S/C13H20BrNO/c1-10(9-16-2)7-12(15)8-11-5-3-4-6-13(11)14/h3-6,10,12H,7-9,15H2,1-2H3. The van der Waals surface area contributed by atoms with Crippen molar-refractivity contribution in [2.24, 2.45) is 11.7 Å². The van der Waals surface area contributed by atoms with Gasteiger partial charge >= 0.3 is 0 Å². The maximum absolute atomic E-state index is 6.13. The Labute approximate surface area is 106 Å². The fourth-order valence-corrected chi connectivity index (χ4v) is 2.35. The van der Waals surface area contributed by atoms with Crippen LogP contribution in [0.15, 0.2) is 28.7 Å². The van der Waals surface area contributed by atoms with Gasteiger partial charge in [-0.2, -0.15) is 0 Å². The summed E-state index contributed by atoms with van der Waals surface area (Å²) in [4.78, 5) is 0. The topological polar surface area (TPSA) is 35.2 Å². The SMILES string of the molecule is COCC(C)CC(N)Cc1ccccc1Br. The van der Waals surface area contributed by atoms with Gasteiger partial charge in [0.1, 0.15) is 0 Å². The first-order valence-corrected chi connectivity index (χ1v) is 6.40. The molecule has 0 saturated heterocycles. The molecule has 0 aliphatic carbocycles. The number of benzene rings is 1. The van der Waals surface area contributed by atoms with Gasteiger partial charge in [0.15, 0.2) is 0 Å². The molecule has 1 rings (SSSR count). The number of nitrogens with two attached hydrogens (primary N) is 1. The van der Waals surface area contributed by atoms with Crippen molar-refractivity contribution < 1.29 is 4.74 Å². The number of ether oxygens (including phenoxy) is 1. The summed E-state index contributed by atoms with van der Waals surface area (Å²) in [6.45, 7) is 2.95. The highest BCUT2D eigenvalue weighted by atomic mass is 79.9. The minimum absolute atomic E-state index is 0.198. The molecule has 2 unspecified atom stereocenters. The van der Waals surface area contributed by atoms with Gasteiger partial charge in [-0.05, 0) is 30.4 Å². The van der Waals surface area contributed by atoms with E-state index >= 15 is 0 Å². The zero-order valence-corrected chi connectivity index (χ0v) is 11.5. The van der Waals surface area contributed by atoms with Gasteiger partial charge in [0, 0.05) is 24.2 Å². The third kappa shape index (κ3) is 4.64. The normalized spacial score (nSPS) is 14.8. The van der Waals surface area contributed by atoms with Crippen LogP contribution in [-0.4, -0.2) is 19.8 Å². The van der Waals surface area contributed by atoms with Crippen molar-refractivity contribution in [3.8, 4) is 0 Å². The molecule has 0 spiro atoms. The van der Waals surface area contributed by atoms with Crippen LogP contribution >= 0.6 is 15.9 Å². The molecular weight excluding hydrogens is 266 g/mol. The third-order valence-electron chi connectivity index (χ3n) is 2.60. The van der Waals surface area contributed by atoms with Crippen LogP contribution in [0.3, 0.4) is 0 Å². The zero-order valence-electron chi connectivity index (χ0n) is 9.95. The van der Waals surface area contributed by atoms with Gasteiger partial charge in [-0.15, -0.1) is 0 Å². The van der Waals surface area contributed by atoms with E-state index in [1.165, 1.54) is 5.56 Å². The first-order chi connectivity index (χ1) is 7.63. The summed E-state index contributed by atoms with van der Waals surface area (Å²) in [6.07, 6.45) is 1.91. The number of hydrogen-bond acceptors (Lipinski definition) is 2. The van der Waals surface area contributed by atoms with Crippen LogP contribution in [0.25, 0.3) is 0 Å². The third-order valence-corrected chi connectivity index (χ3v) is 3.37. The highest BCUT2D eigenvalue weighted by molar-refractivity contribution is 9.10. The van der Waals surface area contributed by atoms with Crippen molar-refractivity contribution in [3.63, 3.8) is 0 Å². The Morgan fingerprint density at radius 3 is 2.69 bits per heavy atom. The summed E-state index contributed by atoms with van der Waals surface area (Å²) in [6, 6.07) is 8.44. The van der Waals surface area contributed by atoms with Crippen molar-refractivity contribution in [2.45, 2.75) is 25.8 Å². The van der Waals surface area contributed by atoms with Crippen LogP contribution in [0.5, 0.6) is 0 Å². The number of rotatable bonds is 6. The monoisotopic (exact) mass is 285 g/mol. The predicted molar refractivity (Wildman–Crippen MR) is 71.5 cm³/mol. The Morgan fingerprint density at radius 1 is 1.38 bits per heavy atom. The molecule has 0 fully saturated rings. The first-order valence-electron chi connectivity index (χ1n) is 5.61. The molecule has 16 heavy (non-hydrogen) atoms. The van der Waals surface area contributed by atoms with Crippen molar-refractivity contribution >= 4 is 15.9 Å². The summed E-state index contributed by atoms with van der Waals surface area (Å²) >= 11 is 3.54. The molecule has 0 aromatic heterocycles. The van der Waals surface area contributed by atoms with Crippen LogP contribution in [0, 0.1) is 5.92 Å². The van der Waals surface area contributed by atoms with E-state index in [9.17, 15) is 0 Å². The van der Waals surface area contributed by atoms with Gasteiger partial charge in [-0.1, -0.05) is 41.1 Å². The van der Waals surface area contributed by atoms with Gasteiger partial charge in [0.25, 0.3) is 0 Å². The maximum Gasteiger partial charge on any atom is 0.0488 e. The number of halogens is 1. The lowest BCUT2D eigenvalue weighted by molar-refractivity contribution is 0.152. The van der Waals surface area contributed by atoms with Crippen LogP contribution < -0.4 is 5.73 Å². The predicted octanol–water partition coefficient (Wildman–Crippen LogP) is 2.99. The van der Waals surface area contributed by atoms with Crippen LogP contribution in [0.2, 0.25) is 0 Å². The molecule has 1 aromatic rings. The smallest absolute Gasteiger partial charge is 0.0488 e. The lowest BCUT2D eigenvalue weighted by Gasteiger charge is -2.17. The van der Waals surface area contributed by atoms with E-state index in [0.717, 1.165) is 23.9 Å². The summed E-state index contributed by atoms with van der Waals surface area (Å²) in [7, 11) is 1.73. The molecule has 0 heterocycles. The van der Waals surface area contributed by atoms with Gasteiger partial charge in [-0.25, -0.2) is 0 Å². The molecule has 0 amide bonds. The van der Waals surface area contributed by atoms with E-state index < -0.39 is 0 Å². The molecule has 90 valence electrons. The molecule has 2 N–H and O–H groups in total. The second-order valence-corrected chi connectivity index (χ2v) is 5.21. The Bertz CT molecular complexity index is 317. The molecule has 0 radical (unpaired) electrons. The Balaban J connectivity index is 2.45. The maximum atomic E-state index is 6.13. The second-order valence-electron chi connectivity index (χ2n) is 4.35. The van der Waals surface area contributed by atoms with Gasteiger partial charge < -0.3 is 10.5 Å². The number of methoxy groups -OCH3 is 1. The molecule has 0 aliphatic heterocycles. The molecule has 2 atom stereocenters. The Morgan fingerprint density at radius 2 is 2.06 bits per heavy atom. The van der Waals surface area contributed by atoms with Crippen LogP contribution in [0.4, 0.5) is 0 Å². The molecule has 0 aliphatic rings. The summed E-state index contributed by atoms with van der Waals surface area (Å²) in [5, 5.41) is 0. The molecule has 2 nitrogen and oxygen atoms in total. The zero-order chi connectivity index (χ0) is 12.0. The van der Waals surface area contributed by atoms with Crippen molar-refractivity contribution in [1.82, 2.24) is 0 Å². The van der Waals surface area contributed by atoms with E-state index in [1.807, 2.05) is 12.1 Å². The average Bonchev–Trinajstić information content (AvgIpc) is 2.21. The van der Waals surface area contributed by atoms with Gasteiger partial charge in [0.2, 0.25) is 0 Å². The van der Waals surface area contributed by atoms with Crippen LogP contribution in [0.1, 0.15) is 18.9 Å². The molecule has 0 bridgehead atoms.